The molecule has 2 atom stereocenters. The number of nitrogens with zero attached hydrogens (tertiary/aromatic N) is 1. The minimum atomic E-state index is -1.07. The fourth-order valence-corrected chi connectivity index (χ4v) is 2.45. The van der Waals surface area contributed by atoms with Crippen LogP contribution >= 0.6 is 11.3 Å². The Morgan fingerprint density at radius 2 is 2.05 bits per heavy atom. The van der Waals surface area contributed by atoms with Gasteiger partial charge in [-0.15, -0.1) is 11.3 Å². The Morgan fingerprint density at radius 3 is 2.59 bits per heavy atom. The van der Waals surface area contributed by atoms with E-state index in [4.69, 9.17) is 5.11 Å². The molecule has 2 unspecified atom stereocenters. The van der Waals surface area contributed by atoms with Gasteiger partial charge < -0.3 is 15.7 Å². The highest BCUT2D eigenvalue weighted by Gasteiger charge is 2.26. The fourth-order valence-electron chi connectivity index (χ4n) is 1.74. The molecule has 1 heterocycles. The summed E-state index contributed by atoms with van der Waals surface area (Å²) in [5.74, 6) is -1.98. The maximum Gasteiger partial charge on any atom is 0.326 e. The van der Waals surface area contributed by atoms with Crippen LogP contribution in [0.2, 0.25) is 0 Å². The number of amides is 2. The molecule has 3 N–H and O–H groups in total. The molecule has 0 saturated carbocycles. The summed E-state index contributed by atoms with van der Waals surface area (Å²) in [6, 6.07) is -0.961. The molecule has 0 saturated heterocycles. The van der Waals surface area contributed by atoms with E-state index in [0.717, 1.165) is 17.8 Å². The zero-order valence-electron chi connectivity index (χ0n) is 12.9. The van der Waals surface area contributed by atoms with Crippen LogP contribution in [0.5, 0.6) is 0 Å². The smallest absolute Gasteiger partial charge is 0.326 e. The Bertz CT molecular complexity index is 544. The number of carboxylic acid groups (broad SMARTS) is 1. The number of aromatic nitrogens is 1. The molecule has 0 aliphatic heterocycles. The van der Waals surface area contributed by atoms with Crippen molar-refractivity contribution in [2.75, 3.05) is 5.32 Å². The highest BCUT2D eigenvalue weighted by molar-refractivity contribution is 7.14. The summed E-state index contributed by atoms with van der Waals surface area (Å²) in [6.45, 7) is 5.51. The summed E-state index contributed by atoms with van der Waals surface area (Å²) >= 11 is 1.13. The van der Waals surface area contributed by atoms with Crippen molar-refractivity contribution in [1.29, 1.82) is 0 Å². The van der Waals surface area contributed by atoms with E-state index >= 15 is 0 Å². The first-order valence-electron chi connectivity index (χ1n) is 7.18. The minimum absolute atomic E-state index is 0.103. The fraction of sp³-hybridized carbons (Fsp3) is 0.571. The second-order valence-corrected chi connectivity index (χ2v) is 5.87. The summed E-state index contributed by atoms with van der Waals surface area (Å²) in [7, 11) is 0. The van der Waals surface area contributed by atoms with Crippen LogP contribution in [0.4, 0.5) is 5.13 Å². The molecule has 2 amide bonds. The minimum Gasteiger partial charge on any atom is -0.480 e. The maximum atomic E-state index is 12.1. The third kappa shape index (κ3) is 5.10. The van der Waals surface area contributed by atoms with E-state index in [9.17, 15) is 14.4 Å². The van der Waals surface area contributed by atoms with Crippen molar-refractivity contribution in [3.05, 3.63) is 11.1 Å². The van der Waals surface area contributed by atoms with Crippen LogP contribution in [0.25, 0.3) is 0 Å². The number of aliphatic carboxylic acids is 1. The zero-order chi connectivity index (χ0) is 16.7. The monoisotopic (exact) mass is 327 g/mol. The van der Waals surface area contributed by atoms with Crippen molar-refractivity contribution in [1.82, 2.24) is 10.3 Å². The number of anilines is 1. The van der Waals surface area contributed by atoms with Gasteiger partial charge in [0.2, 0.25) is 5.91 Å². The number of rotatable bonds is 8. The third-order valence-corrected chi connectivity index (χ3v) is 3.98. The molecule has 122 valence electrons. The molecule has 0 aliphatic carbocycles. The van der Waals surface area contributed by atoms with Gasteiger partial charge in [0.15, 0.2) is 5.13 Å². The van der Waals surface area contributed by atoms with E-state index in [1.54, 1.807) is 6.92 Å². The standard InChI is InChI=1S/C14H21N3O4S/c1-4-6-10(18)16-14-15-9(7-22-14)12(19)17-11(13(20)21)8(3)5-2/h7-8,11H,4-6H2,1-3H3,(H,17,19)(H,20,21)(H,15,16,18). The van der Waals surface area contributed by atoms with Crippen LogP contribution in [0.1, 0.15) is 50.5 Å². The first-order valence-corrected chi connectivity index (χ1v) is 8.06. The van der Waals surface area contributed by atoms with E-state index in [1.807, 2.05) is 13.8 Å². The lowest BCUT2D eigenvalue weighted by Gasteiger charge is -2.19. The van der Waals surface area contributed by atoms with E-state index in [0.29, 0.717) is 18.0 Å². The predicted molar refractivity (Wildman–Crippen MR) is 84.0 cm³/mol. The van der Waals surface area contributed by atoms with Gasteiger partial charge in [-0.25, -0.2) is 9.78 Å². The molecule has 1 rings (SSSR count). The summed E-state index contributed by atoms with van der Waals surface area (Å²) in [5, 5.41) is 16.1. The van der Waals surface area contributed by atoms with Gasteiger partial charge >= 0.3 is 5.97 Å². The molecule has 7 nitrogen and oxygen atoms in total. The quantitative estimate of drug-likeness (QED) is 0.677. The highest BCUT2D eigenvalue weighted by atomic mass is 32.1. The van der Waals surface area contributed by atoms with Gasteiger partial charge in [0.1, 0.15) is 11.7 Å². The van der Waals surface area contributed by atoms with E-state index in [2.05, 4.69) is 15.6 Å². The molecular formula is C14H21N3O4S. The van der Waals surface area contributed by atoms with Crippen molar-refractivity contribution < 1.29 is 19.5 Å². The van der Waals surface area contributed by atoms with Crippen molar-refractivity contribution in [3.63, 3.8) is 0 Å². The predicted octanol–water partition coefficient (Wildman–Crippen LogP) is 2.11. The van der Waals surface area contributed by atoms with Crippen LogP contribution in [-0.4, -0.2) is 33.9 Å². The van der Waals surface area contributed by atoms with Crippen LogP contribution < -0.4 is 10.6 Å². The molecule has 0 radical (unpaired) electrons. The molecule has 0 aromatic carbocycles. The molecule has 0 fully saturated rings. The largest absolute Gasteiger partial charge is 0.480 e. The third-order valence-electron chi connectivity index (χ3n) is 3.23. The van der Waals surface area contributed by atoms with Crippen molar-refractivity contribution in [3.8, 4) is 0 Å². The normalized spacial score (nSPS) is 13.2. The number of carboxylic acids is 1. The number of carbonyl (C=O) groups is 3. The van der Waals surface area contributed by atoms with Gasteiger partial charge in [-0.2, -0.15) is 0 Å². The van der Waals surface area contributed by atoms with E-state index in [-0.39, 0.29) is 17.5 Å². The van der Waals surface area contributed by atoms with Gasteiger partial charge in [-0.05, 0) is 12.3 Å². The van der Waals surface area contributed by atoms with E-state index < -0.39 is 17.9 Å². The lowest BCUT2D eigenvalue weighted by atomic mass is 9.99. The van der Waals surface area contributed by atoms with Crippen LogP contribution in [-0.2, 0) is 9.59 Å². The van der Waals surface area contributed by atoms with Crippen LogP contribution in [0.15, 0.2) is 5.38 Å². The topological polar surface area (TPSA) is 108 Å². The molecule has 8 heteroatoms. The van der Waals surface area contributed by atoms with Crippen LogP contribution in [0, 0.1) is 5.92 Å². The maximum absolute atomic E-state index is 12.1. The number of nitrogens with one attached hydrogen (secondary N) is 2. The number of hydrogen-bond acceptors (Lipinski definition) is 5. The summed E-state index contributed by atoms with van der Waals surface area (Å²) < 4.78 is 0. The Hall–Kier alpha value is -1.96. The van der Waals surface area contributed by atoms with Gasteiger partial charge in [0.05, 0.1) is 0 Å². The number of carbonyl (C=O) groups excluding carboxylic acids is 2. The SMILES string of the molecule is CCCC(=O)Nc1nc(C(=O)NC(C(=O)O)C(C)CC)cs1. The molecular weight excluding hydrogens is 306 g/mol. The number of hydrogen-bond donors (Lipinski definition) is 3. The Morgan fingerprint density at radius 1 is 1.36 bits per heavy atom. The van der Waals surface area contributed by atoms with E-state index in [1.165, 1.54) is 5.38 Å². The lowest BCUT2D eigenvalue weighted by Crippen LogP contribution is -2.45. The average molecular weight is 327 g/mol. The second kappa shape index (κ2) is 8.47. The first-order chi connectivity index (χ1) is 10.4. The van der Waals surface area contributed by atoms with Crippen molar-refractivity contribution in [2.24, 2.45) is 5.92 Å². The Labute approximate surface area is 133 Å². The van der Waals surface area contributed by atoms with Gasteiger partial charge in [-0.3, -0.25) is 9.59 Å². The van der Waals surface area contributed by atoms with Crippen LogP contribution in [0.3, 0.4) is 0 Å². The number of thiazole rings is 1. The van der Waals surface area contributed by atoms with Gasteiger partial charge in [0, 0.05) is 11.8 Å². The Kier molecular flexibility index (Phi) is 6.97. The molecule has 0 bridgehead atoms. The first kappa shape index (κ1) is 18.1. The molecule has 22 heavy (non-hydrogen) atoms. The van der Waals surface area contributed by atoms with Gasteiger partial charge in [-0.1, -0.05) is 27.2 Å². The molecule has 1 aromatic rings. The summed E-state index contributed by atoms with van der Waals surface area (Å²) in [4.78, 5) is 38.7. The Balaban J connectivity index is 2.71. The molecule has 1 aromatic heterocycles. The molecule has 0 aliphatic rings. The second-order valence-electron chi connectivity index (χ2n) is 5.01. The summed E-state index contributed by atoms with van der Waals surface area (Å²) in [5.41, 5.74) is 0.103. The molecule has 0 spiro atoms. The van der Waals surface area contributed by atoms with Crippen molar-refractivity contribution >= 4 is 34.3 Å². The van der Waals surface area contributed by atoms with Gasteiger partial charge in [0.25, 0.3) is 5.91 Å². The van der Waals surface area contributed by atoms with Crippen molar-refractivity contribution in [2.45, 2.75) is 46.1 Å². The lowest BCUT2D eigenvalue weighted by molar-refractivity contribution is -0.140. The summed E-state index contributed by atoms with van der Waals surface area (Å²) in [6.07, 6.45) is 1.74. The average Bonchev–Trinajstić information content (AvgIpc) is 2.92. The zero-order valence-corrected chi connectivity index (χ0v) is 13.7. The highest BCUT2D eigenvalue weighted by Crippen LogP contribution is 2.16.